The van der Waals surface area contributed by atoms with E-state index >= 15 is 0 Å². The number of hydrogen-bond acceptors (Lipinski definition) is 4. The highest BCUT2D eigenvalue weighted by Gasteiger charge is 2.15. The molecule has 0 spiro atoms. The highest BCUT2D eigenvalue weighted by molar-refractivity contribution is 6.32. The summed E-state index contributed by atoms with van der Waals surface area (Å²) in [5.41, 5.74) is 1.60. The van der Waals surface area contributed by atoms with Gasteiger partial charge in [0.05, 0.1) is 12.1 Å². The number of benzene rings is 2. The van der Waals surface area contributed by atoms with Crippen molar-refractivity contribution in [1.82, 2.24) is 0 Å². The highest BCUT2D eigenvalue weighted by atomic mass is 35.5. The molecule has 142 valence electrons. The Kier molecular flexibility index (Phi) is 7.35. The summed E-state index contributed by atoms with van der Waals surface area (Å²) in [5, 5.41) is 12.8. The number of terminal acetylenes is 1. The quantitative estimate of drug-likeness (QED) is 0.415. The Hall–Kier alpha value is -3.12. The third kappa shape index (κ3) is 4.98. The number of nitriles is 1. The minimum Gasteiger partial charge on any atom is -0.493 e. The molecule has 0 radical (unpaired) electrons. The maximum absolute atomic E-state index is 12.5. The van der Waals surface area contributed by atoms with Gasteiger partial charge in [0, 0.05) is 10.7 Å². The van der Waals surface area contributed by atoms with E-state index in [9.17, 15) is 10.1 Å². The second kappa shape index (κ2) is 9.71. The number of anilines is 1. The van der Waals surface area contributed by atoms with Crippen molar-refractivity contribution in [3.63, 3.8) is 0 Å². The number of carbonyl (C=O) groups excluding carboxylic acids is 1. The Bertz CT molecular complexity index is 1020. The zero-order valence-corrected chi connectivity index (χ0v) is 16.7. The molecular weight excluding hydrogens is 399 g/mol. The molecule has 0 unspecified atom stereocenters. The number of halogens is 2. The minimum atomic E-state index is -0.574. The number of hydrogen-bond donors (Lipinski definition) is 1. The number of amides is 1. The van der Waals surface area contributed by atoms with Crippen LogP contribution in [0.5, 0.6) is 11.5 Å². The lowest BCUT2D eigenvalue weighted by Crippen LogP contribution is -2.14. The third-order valence-corrected chi connectivity index (χ3v) is 4.43. The topological polar surface area (TPSA) is 71.3 Å². The van der Waals surface area contributed by atoms with E-state index in [1.54, 1.807) is 37.3 Å². The molecule has 1 N–H and O–H groups in total. The lowest BCUT2D eigenvalue weighted by molar-refractivity contribution is -0.112. The van der Waals surface area contributed by atoms with Crippen LogP contribution in [0.2, 0.25) is 10.0 Å². The molecule has 1 amide bonds. The fraction of sp³-hybridized carbons (Fsp3) is 0.143. The van der Waals surface area contributed by atoms with Crippen molar-refractivity contribution in [2.45, 2.75) is 6.92 Å². The number of methoxy groups -OCH3 is 1. The highest BCUT2D eigenvalue weighted by Crippen LogP contribution is 2.37. The van der Waals surface area contributed by atoms with Crippen LogP contribution >= 0.6 is 23.2 Å². The third-order valence-electron chi connectivity index (χ3n) is 3.74. The first-order chi connectivity index (χ1) is 13.4. The van der Waals surface area contributed by atoms with Gasteiger partial charge in [-0.3, -0.25) is 4.79 Å². The van der Waals surface area contributed by atoms with E-state index in [4.69, 9.17) is 39.1 Å². The van der Waals surface area contributed by atoms with Crippen molar-refractivity contribution >= 4 is 40.9 Å². The second-order valence-electron chi connectivity index (χ2n) is 5.56. The molecule has 0 bridgehead atoms. The minimum absolute atomic E-state index is 0.0239. The van der Waals surface area contributed by atoms with Gasteiger partial charge in [-0.1, -0.05) is 35.2 Å². The fourth-order valence-corrected chi connectivity index (χ4v) is 2.77. The Morgan fingerprint density at radius 2 is 2.07 bits per heavy atom. The number of carbonyl (C=O) groups is 1. The molecule has 0 atom stereocenters. The molecular formula is C21H16Cl2N2O3. The zero-order valence-electron chi connectivity index (χ0n) is 15.2. The SMILES string of the molecule is C#CCOc1c(Cl)cc(/C=C(/C#N)C(=O)Nc2cccc(Cl)c2C)cc1OC. The molecule has 2 rings (SSSR count). The lowest BCUT2D eigenvalue weighted by atomic mass is 10.1. The number of nitrogens with zero attached hydrogens (tertiary/aromatic N) is 1. The van der Waals surface area contributed by atoms with Crippen LogP contribution in [0.25, 0.3) is 6.08 Å². The molecule has 0 saturated heterocycles. The second-order valence-corrected chi connectivity index (χ2v) is 6.38. The predicted molar refractivity (Wildman–Crippen MR) is 111 cm³/mol. The molecule has 0 aliphatic carbocycles. The predicted octanol–water partition coefficient (Wildman–Crippen LogP) is 4.87. The van der Waals surface area contributed by atoms with Crippen LogP contribution in [0, 0.1) is 30.6 Å². The van der Waals surface area contributed by atoms with Crippen LogP contribution in [0.1, 0.15) is 11.1 Å². The van der Waals surface area contributed by atoms with E-state index in [2.05, 4.69) is 11.2 Å². The van der Waals surface area contributed by atoms with E-state index in [0.717, 1.165) is 0 Å². The fourth-order valence-electron chi connectivity index (χ4n) is 2.32. The summed E-state index contributed by atoms with van der Waals surface area (Å²) in [6.07, 6.45) is 6.59. The number of rotatable bonds is 6. The lowest BCUT2D eigenvalue weighted by Gasteiger charge is -2.12. The summed E-state index contributed by atoms with van der Waals surface area (Å²) in [5.74, 6) is 2.39. The van der Waals surface area contributed by atoms with Gasteiger partial charge in [-0.25, -0.2) is 0 Å². The normalized spacial score (nSPS) is 10.6. The molecule has 0 aliphatic rings. The van der Waals surface area contributed by atoms with Gasteiger partial charge < -0.3 is 14.8 Å². The van der Waals surface area contributed by atoms with Crippen molar-refractivity contribution in [3.8, 4) is 29.9 Å². The average molecular weight is 415 g/mol. The molecule has 0 heterocycles. The summed E-state index contributed by atoms with van der Waals surface area (Å²) in [7, 11) is 1.45. The van der Waals surface area contributed by atoms with Gasteiger partial charge in [0.1, 0.15) is 18.2 Å². The molecule has 2 aromatic carbocycles. The summed E-state index contributed by atoms with van der Waals surface area (Å²) < 4.78 is 10.6. The largest absolute Gasteiger partial charge is 0.493 e. The summed E-state index contributed by atoms with van der Waals surface area (Å²) in [6, 6.07) is 10.1. The monoisotopic (exact) mass is 414 g/mol. The smallest absolute Gasteiger partial charge is 0.266 e. The maximum atomic E-state index is 12.5. The van der Waals surface area contributed by atoms with Gasteiger partial charge in [-0.2, -0.15) is 5.26 Å². The van der Waals surface area contributed by atoms with Crippen molar-refractivity contribution in [2.75, 3.05) is 19.0 Å². The van der Waals surface area contributed by atoms with Crippen molar-refractivity contribution in [1.29, 1.82) is 5.26 Å². The van der Waals surface area contributed by atoms with Crippen LogP contribution in [0.4, 0.5) is 5.69 Å². The van der Waals surface area contributed by atoms with Gasteiger partial charge in [0.15, 0.2) is 11.5 Å². The zero-order chi connectivity index (χ0) is 20.7. The van der Waals surface area contributed by atoms with Gasteiger partial charge in [0.25, 0.3) is 5.91 Å². The van der Waals surface area contributed by atoms with Gasteiger partial charge in [-0.15, -0.1) is 6.42 Å². The first-order valence-corrected chi connectivity index (χ1v) is 8.79. The van der Waals surface area contributed by atoms with E-state index < -0.39 is 5.91 Å². The molecule has 28 heavy (non-hydrogen) atoms. The Morgan fingerprint density at radius 3 is 2.71 bits per heavy atom. The molecule has 0 aromatic heterocycles. The number of nitrogens with one attached hydrogen (secondary N) is 1. The molecule has 0 fully saturated rings. The molecule has 0 aliphatic heterocycles. The number of ether oxygens (including phenoxy) is 2. The van der Waals surface area contributed by atoms with Gasteiger partial charge in [0.2, 0.25) is 0 Å². The molecule has 0 saturated carbocycles. The Morgan fingerprint density at radius 1 is 1.32 bits per heavy atom. The van der Waals surface area contributed by atoms with E-state index in [-0.39, 0.29) is 23.0 Å². The van der Waals surface area contributed by atoms with Gasteiger partial charge >= 0.3 is 0 Å². The van der Waals surface area contributed by atoms with Crippen LogP contribution in [-0.2, 0) is 4.79 Å². The van der Waals surface area contributed by atoms with Crippen molar-refractivity contribution in [3.05, 3.63) is 57.1 Å². The van der Waals surface area contributed by atoms with E-state index in [0.29, 0.717) is 27.6 Å². The molecule has 7 heteroatoms. The van der Waals surface area contributed by atoms with Crippen molar-refractivity contribution in [2.24, 2.45) is 0 Å². The van der Waals surface area contributed by atoms with E-state index in [1.165, 1.54) is 13.2 Å². The standard InChI is InChI=1S/C21H16Cl2N2O3/c1-4-8-28-20-17(23)10-14(11-19(20)27-3)9-15(12-24)21(26)25-18-7-5-6-16(22)13(18)2/h1,5-7,9-11H,8H2,2-3H3,(H,25,26)/b15-9-. The Labute approximate surface area is 173 Å². The summed E-state index contributed by atoms with van der Waals surface area (Å²) in [4.78, 5) is 12.5. The van der Waals surface area contributed by atoms with Crippen LogP contribution in [0.3, 0.4) is 0 Å². The maximum Gasteiger partial charge on any atom is 0.266 e. The molecule has 2 aromatic rings. The van der Waals surface area contributed by atoms with Gasteiger partial charge in [-0.05, 0) is 48.4 Å². The van der Waals surface area contributed by atoms with E-state index in [1.807, 2.05) is 6.07 Å². The summed E-state index contributed by atoms with van der Waals surface area (Å²) >= 11 is 12.3. The van der Waals surface area contributed by atoms with Crippen molar-refractivity contribution < 1.29 is 14.3 Å². The van der Waals surface area contributed by atoms with Crippen LogP contribution in [-0.4, -0.2) is 19.6 Å². The van der Waals surface area contributed by atoms with Crippen LogP contribution in [0.15, 0.2) is 35.9 Å². The van der Waals surface area contributed by atoms with Crippen LogP contribution < -0.4 is 14.8 Å². The first-order valence-electron chi connectivity index (χ1n) is 8.03. The molecule has 5 nitrogen and oxygen atoms in total. The average Bonchev–Trinajstić information content (AvgIpc) is 2.68. The Balaban J connectivity index is 2.34. The summed E-state index contributed by atoms with van der Waals surface area (Å²) in [6.45, 7) is 1.80. The first kappa shape index (κ1) is 21.2.